The Morgan fingerprint density at radius 1 is 1.29 bits per heavy atom. The van der Waals surface area contributed by atoms with Crippen molar-refractivity contribution in [3.05, 3.63) is 38.3 Å². The summed E-state index contributed by atoms with van der Waals surface area (Å²) in [5.41, 5.74) is 2.66. The van der Waals surface area contributed by atoms with Crippen molar-refractivity contribution in [3.8, 4) is 0 Å². The van der Waals surface area contributed by atoms with E-state index in [0.717, 1.165) is 21.9 Å². The molecule has 0 saturated heterocycles. The molecule has 0 unspecified atom stereocenters. The minimum Gasteiger partial charge on any atom is -0.311 e. The van der Waals surface area contributed by atoms with Gasteiger partial charge < -0.3 is 5.32 Å². The summed E-state index contributed by atoms with van der Waals surface area (Å²) in [5.74, 6) is 0. The number of halogens is 2. The van der Waals surface area contributed by atoms with Crippen LogP contribution in [0.5, 0.6) is 0 Å². The highest BCUT2D eigenvalue weighted by molar-refractivity contribution is 9.13. The molecule has 0 radical (unpaired) electrons. The predicted molar refractivity (Wildman–Crippen MR) is 83.2 cm³/mol. The normalized spacial score (nSPS) is 12.2. The van der Waals surface area contributed by atoms with Gasteiger partial charge in [-0.15, -0.1) is 0 Å². The summed E-state index contributed by atoms with van der Waals surface area (Å²) in [6.07, 6.45) is 3.33. The summed E-state index contributed by atoms with van der Waals surface area (Å²) in [6.45, 7) is 7.50. The first kappa shape index (κ1) is 14.9. The molecule has 0 saturated carbocycles. The van der Waals surface area contributed by atoms with E-state index in [2.05, 4.69) is 82.2 Å². The van der Waals surface area contributed by atoms with Gasteiger partial charge in [0.15, 0.2) is 0 Å². The van der Waals surface area contributed by atoms with Gasteiger partial charge in [0.2, 0.25) is 0 Å². The Morgan fingerprint density at radius 3 is 2.53 bits per heavy atom. The molecule has 0 heterocycles. The first-order chi connectivity index (χ1) is 8.02. The zero-order chi connectivity index (χ0) is 12.8. The fourth-order valence-electron chi connectivity index (χ4n) is 1.45. The molecule has 1 N–H and O–H groups in total. The molecule has 0 spiro atoms. The number of hydrogen-bond donors (Lipinski definition) is 1. The Hall–Kier alpha value is -0.120. The van der Waals surface area contributed by atoms with Crippen LogP contribution in [-0.4, -0.2) is 12.6 Å². The average molecular weight is 361 g/mol. The first-order valence-corrected chi connectivity index (χ1v) is 7.49. The highest BCUT2D eigenvalue weighted by Gasteiger charge is 2.00. The highest BCUT2D eigenvalue weighted by Crippen LogP contribution is 2.25. The number of nitrogens with one attached hydrogen (secondary N) is 1. The molecule has 0 fully saturated rings. The molecule has 1 nitrogen and oxygen atoms in total. The Labute approximate surface area is 121 Å². The topological polar surface area (TPSA) is 12.0 Å². The second-order valence-corrected chi connectivity index (χ2v) is 6.07. The van der Waals surface area contributed by atoms with Crippen LogP contribution in [0.3, 0.4) is 0 Å². The molecular formula is C14H19Br2N. The zero-order valence-electron chi connectivity index (χ0n) is 10.6. The molecule has 1 rings (SSSR count). The third-order valence-corrected chi connectivity index (χ3v) is 4.39. The molecule has 1 aromatic rings. The van der Waals surface area contributed by atoms with Crippen molar-refractivity contribution < 1.29 is 0 Å². The Morgan fingerprint density at radius 2 is 2.00 bits per heavy atom. The number of benzene rings is 1. The molecule has 0 aliphatic rings. The third-order valence-electron chi connectivity index (χ3n) is 2.51. The molecule has 1 aromatic carbocycles. The highest BCUT2D eigenvalue weighted by atomic mass is 79.9. The Balaban J connectivity index is 2.79. The van der Waals surface area contributed by atoms with Crippen molar-refractivity contribution in [2.75, 3.05) is 6.54 Å². The van der Waals surface area contributed by atoms with Gasteiger partial charge in [-0.05, 0) is 56.0 Å². The van der Waals surface area contributed by atoms with Crippen LogP contribution >= 0.6 is 31.9 Å². The average Bonchev–Trinajstić information content (AvgIpc) is 2.28. The lowest BCUT2D eigenvalue weighted by Crippen LogP contribution is -2.24. The van der Waals surface area contributed by atoms with Gasteiger partial charge in [-0.3, -0.25) is 0 Å². The van der Waals surface area contributed by atoms with Crippen molar-refractivity contribution in [1.82, 2.24) is 5.32 Å². The van der Waals surface area contributed by atoms with Crippen molar-refractivity contribution in [1.29, 1.82) is 0 Å². The Kier molecular flexibility index (Phi) is 6.45. The van der Waals surface area contributed by atoms with Crippen LogP contribution < -0.4 is 5.32 Å². The van der Waals surface area contributed by atoms with Crippen molar-refractivity contribution in [3.63, 3.8) is 0 Å². The van der Waals surface area contributed by atoms with E-state index in [-0.39, 0.29) is 0 Å². The van der Waals surface area contributed by atoms with E-state index in [4.69, 9.17) is 0 Å². The molecule has 0 aromatic heterocycles. The maximum Gasteiger partial charge on any atom is 0.0323 e. The third kappa shape index (κ3) is 5.36. The van der Waals surface area contributed by atoms with E-state index in [1.807, 2.05) is 0 Å². The van der Waals surface area contributed by atoms with Gasteiger partial charge in [-0.2, -0.15) is 0 Å². The molecule has 17 heavy (non-hydrogen) atoms. The molecule has 0 atom stereocenters. The second kappa shape index (κ2) is 7.34. The lowest BCUT2D eigenvalue weighted by atomic mass is 10.1. The maximum atomic E-state index is 3.53. The molecule has 0 aliphatic heterocycles. The van der Waals surface area contributed by atoms with Crippen LogP contribution in [0.2, 0.25) is 0 Å². The Bertz CT molecular complexity index is 397. The fourth-order valence-corrected chi connectivity index (χ4v) is 2.09. The number of rotatable bonds is 5. The molecule has 0 aliphatic carbocycles. The standard InChI is InChI=1S/C14H19Br2N/c1-4-11(9-17-10(2)3)7-12-5-6-13(15)14(16)8-12/h5-8,10,17H,4,9H2,1-3H3/b11-7-. The van der Waals surface area contributed by atoms with Gasteiger partial charge in [-0.1, -0.05) is 38.5 Å². The molecule has 0 bridgehead atoms. The van der Waals surface area contributed by atoms with Crippen LogP contribution in [0.15, 0.2) is 32.7 Å². The molecule has 0 amide bonds. The van der Waals surface area contributed by atoms with Gasteiger partial charge >= 0.3 is 0 Å². The van der Waals surface area contributed by atoms with Gasteiger partial charge in [0.25, 0.3) is 0 Å². The minimum absolute atomic E-state index is 0.529. The summed E-state index contributed by atoms with van der Waals surface area (Å²) >= 11 is 7.01. The van der Waals surface area contributed by atoms with E-state index in [9.17, 15) is 0 Å². The lowest BCUT2D eigenvalue weighted by molar-refractivity contribution is 0.617. The van der Waals surface area contributed by atoms with Gasteiger partial charge in [-0.25, -0.2) is 0 Å². The van der Waals surface area contributed by atoms with Crippen LogP contribution in [0.4, 0.5) is 0 Å². The summed E-state index contributed by atoms with van der Waals surface area (Å²) in [6, 6.07) is 6.86. The minimum atomic E-state index is 0.529. The van der Waals surface area contributed by atoms with E-state index in [1.54, 1.807) is 0 Å². The summed E-state index contributed by atoms with van der Waals surface area (Å²) in [4.78, 5) is 0. The van der Waals surface area contributed by atoms with Crippen molar-refractivity contribution >= 4 is 37.9 Å². The van der Waals surface area contributed by atoms with E-state index in [1.165, 1.54) is 11.1 Å². The van der Waals surface area contributed by atoms with Gasteiger partial charge in [0.1, 0.15) is 0 Å². The SMILES string of the molecule is CC/C(=C/c1ccc(Br)c(Br)c1)CNC(C)C. The van der Waals surface area contributed by atoms with Crippen molar-refractivity contribution in [2.24, 2.45) is 0 Å². The van der Waals surface area contributed by atoms with Crippen LogP contribution in [0.1, 0.15) is 32.8 Å². The molecular weight excluding hydrogens is 342 g/mol. The van der Waals surface area contributed by atoms with E-state index in [0.29, 0.717) is 6.04 Å². The van der Waals surface area contributed by atoms with Crippen LogP contribution in [0.25, 0.3) is 6.08 Å². The summed E-state index contributed by atoms with van der Waals surface area (Å²) in [5, 5.41) is 3.45. The van der Waals surface area contributed by atoms with Crippen molar-refractivity contribution in [2.45, 2.75) is 33.2 Å². The molecule has 3 heteroatoms. The maximum absolute atomic E-state index is 3.53. The van der Waals surface area contributed by atoms with Gasteiger partial charge in [0, 0.05) is 21.5 Å². The van der Waals surface area contributed by atoms with Crippen LogP contribution in [0, 0.1) is 0 Å². The summed E-state index contributed by atoms with van der Waals surface area (Å²) < 4.78 is 2.19. The monoisotopic (exact) mass is 359 g/mol. The smallest absolute Gasteiger partial charge is 0.0323 e. The quantitative estimate of drug-likeness (QED) is 0.778. The molecule has 94 valence electrons. The van der Waals surface area contributed by atoms with Crippen LogP contribution in [-0.2, 0) is 0 Å². The second-order valence-electron chi connectivity index (χ2n) is 4.37. The largest absolute Gasteiger partial charge is 0.311 e. The lowest BCUT2D eigenvalue weighted by Gasteiger charge is -2.10. The predicted octanol–water partition coefficient (Wildman–Crippen LogP) is 5.00. The number of hydrogen-bond acceptors (Lipinski definition) is 1. The van der Waals surface area contributed by atoms with E-state index < -0.39 is 0 Å². The fraction of sp³-hybridized carbons (Fsp3) is 0.429. The zero-order valence-corrected chi connectivity index (χ0v) is 13.7. The first-order valence-electron chi connectivity index (χ1n) is 5.90. The van der Waals surface area contributed by atoms with Gasteiger partial charge in [0.05, 0.1) is 0 Å². The van der Waals surface area contributed by atoms with E-state index >= 15 is 0 Å². The summed E-state index contributed by atoms with van der Waals surface area (Å²) in [7, 11) is 0.